The first-order valence-corrected chi connectivity index (χ1v) is 30.5. The number of carbonyl (C=O) groups excluding carboxylic acids is 2. The first-order chi connectivity index (χ1) is 41.1. The number of rotatable bonds is 21. The van der Waals surface area contributed by atoms with Crippen LogP contribution in [-0.4, -0.2) is 63.0 Å². The molecule has 13 heteroatoms. The average molecular weight is 1120 g/mol. The molecule has 0 spiro atoms. The van der Waals surface area contributed by atoms with Gasteiger partial charge in [-0.25, -0.2) is 4.98 Å². The lowest BCUT2D eigenvalue weighted by atomic mass is 9.54. The summed E-state index contributed by atoms with van der Waals surface area (Å²) in [5.74, 6) is 5.30. The van der Waals surface area contributed by atoms with Crippen LogP contribution in [0.3, 0.4) is 0 Å². The summed E-state index contributed by atoms with van der Waals surface area (Å²) in [7, 11) is 3.34. The zero-order valence-corrected chi connectivity index (χ0v) is 48.1. The largest absolute Gasteiger partial charge is 0.497 e. The van der Waals surface area contributed by atoms with E-state index < -0.39 is 29.4 Å². The molecule has 0 amide bonds. The fourth-order valence-electron chi connectivity index (χ4n) is 16.7. The van der Waals surface area contributed by atoms with Crippen LogP contribution in [0.2, 0.25) is 0 Å². The highest BCUT2D eigenvalue weighted by atomic mass is 16.6. The maximum atomic E-state index is 14.6. The van der Waals surface area contributed by atoms with Gasteiger partial charge in [0.1, 0.15) is 29.4 Å². The maximum absolute atomic E-state index is 14.6. The molecule has 8 aliphatic rings. The number of benzene rings is 6. The van der Waals surface area contributed by atoms with Crippen LogP contribution in [0.25, 0.3) is 11.2 Å². The zero-order valence-electron chi connectivity index (χ0n) is 48.1. The number of fused-ring (bicyclic) bond motifs is 1. The topological polar surface area (TPSA) is 130 Å². The third-order valence-electron chi connectivity index (χ3n) is 19.4. The van der Waals surface area contributed by atoms with Crippen molar-refractivity contribution in [2.24, 2.45) is 35.5 Å². The van der Waals surface area contributed by atoms with E-state index >= 15 is 0 Å². The Kier molecular flexibility index (Phi) is 14.7. The molecular formula is C71H74N6O7. The van der Waals surface area contributed by atoms with E-state index in [0.717, 1.165) is 72.2 Å². The third kappa shape index (κ3) is 10.9. The second-order valence-corrected chi connectivity index (χ2v) is 25.3. The van der Waals surface area contributed by atoms with Crippen LogP contribution in [0.1, 0.15) is 124 Å². The lowest BCUT2D eigenvalue weighted by Crippen LogP contribution is -2.53. The minimum Gasteiger partial charge on any atom is -0.497 e. The van der Waals surface area contributed by atoms with E-state index in [1.807, 2.05) is 65.2 Å². The molecule has 2 heterocycles. The average Bonchev–Trinajstić information content (AvgIpc) is 1.83. The van der Waals surface area contributed by atoms with Crippen molar-refractivity contribution in [3.8, 4) is 11.5 Å². The van der Waals surface area contributed by atoms with Crippen LogP contribution in [-0.2, 0) is 30.5 Å². The molecule has 8 aromatic rings. The van der Waals surface area contributed by atoms with Crippen LogP contribution >= 0.6 is 0 Å². The molecule has 0 aliphatic heterocycles. The summed E-state index contributed by atoms with van der Waals surface area (Å²) in [4.78, 5) is 50.2. The molecule has 8 saturated carbocycles. The lowest BCUT2D eigenvalue weighted by molar-refractivity contribution is -0.193. The summed E-state index contributed by atoms with van der Waals surface area (Å²) >= 11 is 0. The number of methoxy groups -OCH3 is 2. The quantitative estimate of drug-likeness (QED) is 0.0635. The van der Waals surface area contributed by atoms with Crippen molar-refractivity contribution in [1.29, 1.82) is 0 Å². The molecular weight excluding hydrogens is 1050 g/mol. The van der Waals surface area contributed by atoms with E-state index in [-0.39, 0.29) is 31.5 Å². The van der Waals surface area contributed by atoms with Crippen molar-refractivity contribution in [2.45, 2.75) is 126 Å². The Morgan fingerprint density at radius 3 is 1.25 bits per heavy atom. The second-order valence-electron chi connectivity index (χ2n) is 25.3. The summed E-state index contributed by atoms with van der Waals surface area (Å²) < 4.78 is 33.7. The number of nitrogens with zero attached hydrogens (tertiary/aromatic N) is 6. The van der Waals surface area contributed by atoms with E-state index in [4.69, 9.17) is 38.6 Å². The van der Waals surface area contributed by atoms with Crippen LogP contribution < -0.4 is 19.3 Å². The molecule has 430 valence electrons. The molecule has 2 aromatic heterocycles. The van der Waals surface area contributed by atoms with Crippen molar-refractivity contribution in [3.63, 3.8) is 0 Å². The molecule has 0 radical (unpaired) electrons. The van der Waals surface area contributed by atoms with Crippen LogP contribution in [0.15, 0.2) is 176 Å². The molecule has 8 bridgehead atoms. The van der Waals surface area contributed by atoms with Gasteiger partial charge in [-0.05, 0) is 183 Å². The summed E-state index contributed by atoms with van der Waals surface area (Å²) in [6, 6.07) is 56.9. The smallest absolute Gasteiger partial charge is 0.308 e. The van der Waals surface area contributed by atoms with Gasteiger partial charge in [0.05, 0.1) is 51.6 Å². The van der Waals surface area contributed by atoms with Gasteiger partial charge in [0.15, 0.2) is 17.0 Å². The fraction of sp³-hybridized carbons (Fsp3) is 0.394. The Morgan fingerprint density at radius 2 is 0.869 bits per heavy atom. The van der Waals surface area contributed by atoms with Gasteiger partial charge in [-0.2, -0.15) is 9.97 Å². The van der Waals surface area contributed by atoms with Crippen LogP contribution in [0, 0.1) is 35.5 Å². The number of ether oxygens (including phenoxy) is 5. The fourth-order valence-corrected chi connectivity index (χ4v) is 16.7. The molecule has 0 saturated heterocycles. The summed E-state index contributed by atoms with van der Waals surface area (Å²) in [6.07, 6.45) is 13.6. The molecule has 16 rings (SSSR count). The monoisotopic (exact) mass is 1120 g/mol. The normalized spacial score (nSPS) is 24.8. The van der Waals surface area contributed by atoms with Gasteiger partial charge < -0.3 is 28.6 Å². The third-order valence-corrected chi connectivity index (χ3v) is 19.4. The molecule has 13 nitrogen and oxygen atoms in total. The van der Waals surface area contributed by atoms with Gasteiger partial charge in [-0.3, -0.25) is 19.1 Å². The van der Waals surface area contributed by atoms with E-state index in [9.17, 15) is 9.59 Å². The molecule has 0 atom stereocenters. The van der Waals surface area contributed by atoms with E-state index in [1.54, 1.807) is 20.5 Å². The molecule has 6 aromatic carbocycles. The first-order valence-electron chi connectivity index (χ1n) is 30.5. The van der Waals surface area contributed by atoms with E-state index in [0.29, 0.717) is 69.9 Å². The highest BCUT2D eigenvalue weighted by Gasteiger charge is 2.55. The molecule has 8 aliphatic carbocycles. The molecule has 84 heavy (non-hydrogen) atoms. The predicted octanol–water partition coefficient (Wildman–Crippen LogP) is 14.8. The van der Waals surface area contributed by atoms with Gasteiger partial charge in [0, 0.05) is 11.4 Å². The van der Waals surface area contributed by atoms with Gasteiger partial charge in [-0.1, -0.05) is 121 Å². The minimum absolute atomic E-state index is 0.0843. The van der Waals surface area contributed by atoms with Crippen molar-refractivity contribution in [2.75, 3.05) is 24.0 Å². The Balaban J connectivity index is 0.907. The van der Waals surface area contributed by atoms with Crippen LogP contribution in [0.5, 0.6) is 11.5 Å². The molecule has 0 unspecified atom stereocenters. The number of esters is 2. The Labute approximate surface area is 492 Å². The van der Waals surface area contributed by atoms with Crippen molar-refractivity contribution in [3.05, 3.63) is 198 Å². The summed E-state index contributed by atoms with van der Waals surface area (Å²) in [5, 5.41) is 0. The highest BCUT2D eigenvalue weighted by Crippen LogP contribution is 2.59. The lowest BCUT2D eigenvalue weighted by Gasteiger charge is -2.55. The number of anilines is 4. The maximum Gasteiger partial charge on any atom is 0.308 e. The van der Waals surface area contributed by atoms with Crippen molar-refractivity contribution < 1.29 is 33.3 Å². The Bertz CT molecular complexity index is 3370. The number of aromatic nitrogens is 4. The molecule has 8 fully saturated rings. The Hall–Kier alpha value is -8.03. The number of carbonyl (C=O) groups is 2. The summed E-state index contributed by atoms with van der Waals surface area (Å²) in [6.45, 7) is -0.0843. The Morgan fingerprint density at radius 1 is 0.500 bits per heavy atom. The SMILES string of the molecule is COc1ccc(N(c2nc(N(c3ccc(OC)cc3)C(c3ccccc3)c3ccccc3)c3ncn(COC(CC(=O)OC45CC6CC(CC(C6)C4)C5)CC(=O)OC45CC6CC(CC(C6)C4)C5)c3n2)C(c2ccccc2)c2ccccc2)cc1. The standard InChI is InChI=1S/C71H74N6O7/c1-80-59-27-23-57(24-28-59)76(65(53-15-7-3-8-16-53)54-17-9-4-10-18-54)68-64-67(73-69(74-68)77(58-25-29-60(81-2)30-26-58)66(55-19-11-5-12-20-55)56-21-13-6-14-22-56)75(45-72-64)46-82-61(37-62(78)83-70-39-47-31-48(40-70)33-49(32-47)41-70)38-63(79)84-71-42-50-34-51(43-71)36-52(35-50)44-71/h3-30,45,47-52,61,65-66H,31-44,46H2,1-2H3. The minimum atomic E-state index is -0.848. The van der Waals surface area contributed by atoms with E-state index in [2.05, 4.69) is 119 Å². The number of hydrogen-bond donors (Lipinski definition) is 0. The van der Waals surface area contributed by atoms with Gasteiger partial charge in [-0.15, -0.1) is 0 Å². The van der Waals surface area contributed by atoms with Gasteiger partial charge >= 0.3 is 11.9 Å². The highest BCUT2D eigenvalue weighted by molar-refractivity contribution is 5.89. The van der Waals surface area contributed by atoms with Gasteiger partial charge in [0.25, 0.3) is 0 Å². The predicted molar refractivity (Wildman–Crippen MR) is 323 cm³/mol. The van der Waals surface area contributed by atoms with E-state index in [1.165, 1.54) is 38.5 Å². The number of hydrogen-bond acceptors (Lipinski definition) is 12. The van der Waals surface area contributed by atoms with Crippen LogP contribution in [0.4, 0.5) is 23.1 Å². The first kappa shape index (κ1) is 53.9. The zero-order chi connectivity index (χ0) is 56.8. The van der Waals surface area contributed by atoms with Crippen molar-refractivity contribution >= 4 is 46.2 Å². The van der Waals surface area contributed by atoms with Gasteiger partial charge in [0.2, 0.25) is 5.95 Å². The molecule has 0 N–H and O–H groups in total. The summed E-state index contributed by atoms with van der Waals surface area (Å²) in [5.41, 5.74) is 5.84. The second kappa shape index (κ2) is 22.9. The van der Waals surface area contributed by atoms with Crippen molar-refractivity contribution in [1.82, 2.24) is 19.5 Å². The number of imidazole rings is 1.